The molecule has 0 radical (unpaired) electrons. The van der Waals surface area contributed by atoms with E-state index >= 15 is 0 Å². The maximum Gasteiger partial charge on any atom is 0.277 e. The minimum absolute atomic E-state index is 0.0676. The Morgan fingerprint density at radius 2 is 2.21 bits per heavy atom. The molecule has 1 amide bonds. The molecule has 0 aliphatic heterocycles. The molecular weight excluding hydrogens is 328 g/mol. The molecule has 130 valence electrons. The molecule has 7 nitrogen and oxygen atoms in total. The molecule has 2 N–H and O–H groups in total. The van der Waals surface area contributed by atoms with Crippen molar-refractivity contribution >= 4 is 28.6 Å². The number of carbonyl (C=O) groups is 1. The van der Waals surface area contributed by atoms with E-state index in [0.717, 1.165) is 12.2 Å². The second kappa shape index (κ2) is 9.39. The zero-order valence-corrected chi connectivity index (χ0v) is 14.5. The van der Waals surface area contributed by atoms with Crippen LogP contribution in [0.15, 0.2) is 29.1 Å². The molecule has 2 aromatic rings. The zero-order valence-electron chi connectivity index (χ0n) is 13.6. The molecule has 0 saturated heterocycles. The topological polar surface area (TPSA) is 97.1 Å². The normalized spacial score (nSPS) is 12.2. The molecule has 0 saturated carbocycles. The largest absolute Gasteiger partial charge is 0.394 e. The number of aliphatic hydroxyl groups excluding tert-OH is 1. The number of aliphatic hydroxyl groups is 1. The lowest BCUT2D eigenvalue weighted by atomic mass is 10.2. The first-order chi connectivity index (χ1) is 11.7. The van der Waals surface area contributed by atoms with Crippen molar-refractivity contribution in [1.82, 2.24) is 20.3 Å². The van der Waals surface area contributed by atoms with E-state index in [0.29, 0.717) is 23.9 Å². The molecule has 0 aliphatic rings. The van der Waals surface area contributed by atoms with E-state index in [2.05, 4.69) is 15.6 Å². The number of nitrogens with one attached hydrogen (secondary N) is 1. The van der Waals surface area contributed by atoms with Gasteiger partial charge >= 0.3 is 0 Å². The summed E-state index contributed by atoms with van der Waals surface area (Å²) in [6.45, 7) is 0.264. The molecule has 1 aromatic carbocycles. The number of aromatic nitrogens is 3. The number of fused-ring (bicyclic) bond motifs is 1. The fourth-order valence-electron chi connectivity index (χ4n) is 2.33. The number of aryl methyl sites for hydroxylation is 1. The van der Waals surface area contributed by atoms with Gasteiger partial charge in [-0.1, -0.05) is 17.3 Å². The van der Waals surface area contributed by atoms with Gasteiger partial charge in [0, 0.05) is 13.0 Å². The third-order valence-electron chi connectivity index (χ3n) is 3.66. The smallest absolute Gasteiger partial charge is 0.277 e. The van der Waals surface area contributed by atoms with Gasteiger partial charge in [0.15, 0.2) is 0 Å². The number of rotatable bonds is 9. The number of thioether (sulfide) groups is 1. The van der Waals surface area contributed by atoms with Gasteiger partial charge in [-0.05, 0) is 37.0 Å². The van der Waals surface area contributed by atoms with Gasteiger partial charge in [-0.25, -0.2) is 4.68 Å². The molecule has 24 heavy (non-hydrogen) atoms. The van der Waals surface area contributed by atoms with E-state index in [1.807, 2.05) is 6.26 Å². The zero-order chi connectivity index (χ0) is 17.4. The van der Waals surface area contributed by atoms with Crippen LogP contribution in [-0.4, -0.2) is 50.7 Å². The molecule has 1 atom stereocenters. The molecule has 1 aromatic heterocycles. The molecule has 0 fully saturated rings. The van der Waals surface area contributed by atoms with E-state index in [9.17, 15) is 14.7 Å². The summed E-state index contributed by atoms with van der Waals surface area (Å²) in [5, 5.41) is 20.5. The predicted molar refractivity (Wildman–Crippen MR) is 95.0 cm³/mol. The second-order valence-corrected chi connectivity index (χ2v) is 6.45. The average Bonchev–Trinajstić information content (AvgIpc) is 2.60. The third kappa shape index (κ3) is 5.04. The fraction of sp³-hybridized carbons (Fsp3) is 0.500. The van der Waals surface area contributed by atoms with Crippen LogP contribution in [0.1, 0.15) is 19.3 Å². The Hall–Kier alpha value is -1.93. The molecule has 0 bridgehead atoms. The minimum Gasteiger partial charge on any atom is -0.394 e. The maximum atomic E-state index is 12.3. The van der Waals surface area contributed by atoms with Crippen molar-refractivity contribution in [3.63, 3.8) is 0 Å². The van der Waals surface area contributed by atoms with Crippen LogP contribution in [-0.2, 0) is 11.3 Å². The van der Waals surface area contributed by atoms with Crippen molar-refractivity contribution in [1.29, 1.82) is 0 Å². The van der Waals surface area contributed by atoms with Crippen LogP contribution in [0.5, 0.6) is 0 Å². The number of hydrogen-bond donors (Lipinski definition) is 2. The molecule has 0 unspecified atom stereocenters. The first-order valence-corrected chi connectivity index (χ1v) is 9.26. The standard InChI is InChI=1S/C16H22N4O3S/c1-24-10-8-12(11-21)17-15(22)7-4-9-20-16(23)13-5-2-3-6-14(13)18-19-20/h2-3,5-6,12,21H,4,7-11H2,1H3,(H,17,22)/t12-/m1/s1. The maximum absolute atomic E-state index is 12.3. The van der Waals surface area contributed by atoms with Gasteiger partial charge in [0.25, 0.3) is 5.56 Å². The SMILES string of the molecule is CSCC[C@H](CO)NC(=O)CCCn1nnc2ccccc2c1=O. The fourth-order valence-corrected chi connectivity index (χ4v) is 2.85. The summed E-state index contributed by atoms with van der Waals surface area (Å²) in [7, 11) is 0. The molecule has 0 aliphatic carbocycles. The van der Waals surface area contributed by atoms with Crippen molar-refractivity contribution in [2.75, 3.05) is 18.6 Å². The van der Waals surface area contributed by atoms with E-state index in [1.54, 1.807) is 36.0 Å². The van der Waals surface area contributed by atoms with Gasteiger partial charge < -0.3 is 10.4 Å². The molecule has 2 rings (SSSR count). The van der Waals surface area contributed by atoms with Crippen LogP contribution >= 0.6 is 11.8 Å². The van der Waals surface area contributed by atoms with Gasteiger partial charge in [0.05, 0.1) is 18.0 Å². The highest BCUT2D eigenvalue weighted by Crippen LogP contribution is 2.04. The van der Waals surface area contributed by atoms with Crippen LogP contribution < -0.4 is 10.9 Å². The van der Waals surface area contributed by atoms with Crippen molar-refractivity contribution in [2.24, 2.45) is 0 Å². The monoisotopic (exact) mass is 350 g/mol. The summed E-state index contributed by atoms with van der Waals surface area (Å²) in [6.07, 6.45) is 3.48. The predicted octanol–water partition coefficient (Wildman–Crippen LogP) is 0.802. The van der Waals surface area contributed by atoms with Gasteiger partial charge in [0.2, 0.25) is 5.91 Å². The summed E-state index contributed by atoms with van der Waals surface area (Å²) < 4.78 is 1.28. The summed E-state index contributed by atoms with van der Waals surface area (Å²) in [5.74, 6) is 0.755. The summed E-state index contributed by atoms with van der Waals surface area (Å²) >= 11 is 1.67. The van der Waals surface area contributed by atoms with Crippen LogP contribution in [0.3, 0.4) is 0 Å². The lowest BCUT2D eigenvalue weighted by molar-refractivity contribution is -0.122. The van der Waals surface area contributed by atoms with Gasteiger partial charge in [-0.2, -0.15) is 11.8 Å². The van der Waals surface area contributed by atoms with Crippen LogP contribution in [0, 0.1) is 0 Å². The van der Waals surface area contributed by atoms with Crippen molar-refractivity contribution < 1.29 is 9.90 Å². The van der Waals surface area contributed by atoms with Gasteiger partial charge in [-0.3, -0.25) is 9.59 Å². The Balaban J connectivity index is 1.86. The number of amides is 1. The second-order valence-electron chi connectivity index (χ2n) is 5.47. The van der Waals surface area contributed by atoms with E-state index in [1.165, 1.54) is 4.68 Å². The highest BCUT2D eigenvalue weighted by molar-refractivity contribution is 7.98. The van der Waals surface area contributed by atoms with Crippen molar-refractivity contribution in [3.8, 4) is 0 Å². The summed E-state index contributed by atoms with van der Waals surface area (Å²) in [4.78, 5) is 24.2. The number of carbonyl (C=O) groups excluding carboxylic acids is 1. The number of hydrogen-bond acceptors (Lipinski definition) is 6. The van der Waals surface area contributed by atoms with E-state index in [4.69, 9.17) is 0 Å². The van der Waals surface area contributed by atoms with Crippen LogP contribution in [0.25, 0.3) is 10.9 Å². The lowest BCUT2D eigenvalue weighted by Gasteiger charge is -2.15. The highest BCUT2D eigenvalue weighted by atomic mass is 32.2. The quantitative estimate of drug-likeness (QED) is 0.694. The molecule has 1 heterocycles. The lowest BCUT2D eigenvalue weighted by Crippen LogP contribution is -2.38. The van der Waals surface area contributed by atoms with Gasteiger partial charge in [-0.15, -0.1) is 5.10 Å². The Labute approximate surface area is 144 Å². The summed E-state index contributed by atoms with van der Waals surface area (Å²) in [6, 6.07) is 6.83. The number of nitrogens with zero attached hydrogens (tertiary/aromatic N) is 3. The van der Waals surface area contributed by atoms with E-state index in [-0.39, 0.29) is 30.5 Å². The van der Waals surface area contributed by atoms with Crippen molar-refractivity contribution in [3.05, 3.63) is 34.6 Å². The Morgan fingerprint density at radius 3 is 2.96 bits per heavy atom. The number of benzene rings is 1. The van der Waals surface area contributed by atoms with E-state index < -0.39 is 0 Å². The minimum atomic E-state index is -0.215. The van der Waals surface area contributed by atoms with Gasteiger partial charge in [0.1, 0.15) is 5.52 Å². The molecule has 0 spiro atoms. The summed E-state index contributed by atoms with van der Waals surface area (Å²) in [5.41, 5.74) is 0.366. The first kappa shape index (κ1) is 18.4. The Bertz CT molecular complexity index is 735. The van der Waals surface area contributed by atoms with Crippen molar-refractivity contribution in [2.45, 2.75) is 31.8 Å². The Morgan fingerprint density at radius 1 is 1.42 bits per heavy atom. The third-order valence-corrected chi connectivity index (χ3v) is 4.30. The average molecular weight is 350 g/mol. The Kier molecular flexibility index (Phi) is 7.20. The molecular formula is C16H22N4O3S. The van der Waals surface area contributed by atoms with Crippen LogP contribution in [0.2, 0.25) is 0 Å². The molecule has 8 heteroatoms. The first-order valence-electron chi connectivity index (χ1n) is 7.87. The van der Waals surface area contributed by atoms with Crippen LogP contribution in [0.4, 0.5) is 0 Å². The highest BCUT2D eigenvalue weighted by Gasteiger charge is 2.11.